The van der Waals surface area contributed by atoms with Gasteiger partial charge in [0.15, 0.2) is 0 Å². The summed E-state index contributed by atoms with van der Waals surface area (Å²) in [7, 11) is 0. The Balaban J connectivity index is 2.14. The van der Waals surface area contributed by atoms with Crippen LogP contribution in [0.3, 0.4) is 0 Å². The highest BCUT2D eigenvalue weighted by atomic mass is 14.7. The van der Waals surface area contributed by atoms with Crippen molar-refractivity contribution in [1.29, 1.82) is 0 Å². The van der Waals surface area contributed by atoms with Gasteiger partial charge in [-0.05, 0) is 36.8 Å². The van der Waals surface area contributed by atoms with Gasteiger partial charge in [0.1, 0.15) is 0 Å². The summed E-state index contributed by atoms with van der Waals surface area (Å²) >= 11 is 0. The standard InChI is InChI=1S/C16H21N/c1-3-11(2)12-8-6-9-14-13-7-4-5-10-15(13)17-16(12)14/h4-5,7,10-12,17H,3,6,8-9H2,1-2H3. The van der Waals surface area contributed by atoms with Crippen molar-refractivity contribution in [2.24, 2.45) is 5.92 Å². The number of H-pyrrole nitrogens is 1. The van der Waals surface area contributed by atoms with E-state index in [0.29, 0.717) is 0 Å². The summed E-state index contributed by atoms with van der Waals surface area (Å²) in [6, 6.07) is 8.76. The molecule has 0 saturated heterocycles. The number of hydrogen-bond acceptors (Lipinski definition) is 0. The molecule has 2 unspecified atom stereocenters. The van der Waals surface area contributed by atoms with Crippen LogP contribution in [0, 0.1) is 5.92 Å². The predicted octanol–water partition coefficient (Wildman–Crippen LogP) is 4.63. The molecule has 1 aromatic heterocycles. The number of aromatic amines is 1. The molecule has 1 aromatic carbocycles. The molecule has 90 valence electrons. The third-order valence-corrected chi connectivity index (χ3v) is 4.49. The molecule has 0 radical (unpaired) electrons. The zero-order valence-corrected chi connectivity index (χ0v) is 10.8. The molecule has 1 aliphatic carbocycles. The van der Waals surface area contributed by atoms with Crippen molar-refractivity contribution in [3.8, 4) is 0 Å². The molecule has 2 atom stereocenters. The highest BCUT2D eigenvalue weighted by Gasteiger charge is 2.27. The van der Waals surface area contributed by atoms with Crippen molar-refractivity contribution < 1.29 is 0 Å². The van der Waals surface area contributed by atoms with Gasteiger partial charge in [0, 0.05) is 22.5 Å². The first kappa shape index (κ1) is 10.9. The summed E-state index contributed by atoms with van der Waals surface area (Å²) in [6.45, 7) is 4.70. The Bertz CT molecular complexity index is 523. The molecule has 3 rings (SSSR count). The maximum atomic E-state index is 3.68. The third-order valence-electron chi connectivity index (χ3n) is 4.49. The molecule has 0 spiro atoms. The van der Waals surface area contributed by atoms with E-state index in [-0.39, 0.29) is 0 Å². The van der Waals surface area contributed by atoms with Gasteiger partial charge >= 0.3 is 0 Å². The van der Waals surface area contributed by atoms with Gasteiger partial charge in [-0.2, -0.15) is 0 Å². The fourth-order valence-corrected chi connectivity index (χ4v) is 3.30. The Morgan fingerprint density at radius 3 is 3.00 bits per heavy atom. The van der Waals surface area contributed by atoms with Gasteiger partial charge in [0.2, 0.25) is 0 Å². The minimum atomic E-state index is 0.746. The molecule has 1 aliphatic rings. The van der Waals surface area contributed by atoms with E-state index in [1.165, 1.54) is 42.3 Å². The fraction of sp³-hybridized carbons (Fsp3) is 0.500. The van der Waals surface area contributed by atoms with Gasteiger partial charge in [0.05, 0.1) is 0 Å². The lowest BCUT2D eigenvalue weighted by Crippen LogP contribution is -2.15. The molecule has 2 aromatic rings. The van der Waals surface area contributed by atoms with Crippen LogP contribution >= 0.6 is 0 Å². The van der Waals surface area contributed by atoms with E-state index in [1.54, 1.807) is 5.56 Å². The van der Waals surface area contributed by atoms with Gasteiger partial charge in [0.25, 0.3) is 0 Å². The zero-order valence-electron chi connectivity index (χ0n) is 10.8. The maximum absolute atomic E-state index is 3.68. The zero-order chi connectivity index (χ0) is 11.8. The summed E-state index contributed by atoms with van der Waals surface area (Å²) < 4.78 is 0. The normalized spacial score (nSPS) is 21.4. The lowest BCUT2D eigenvalue weighted by atomic mass is 9.78. The topological polar surface area (TPSA) is 15.8 Å². The summed E-state index contributed by atoms with van der Waals surface area (Å²) in [6.07, 6.45) is 5.24. The number of para-hydroxylation sites is 1. The van der Waals surface area contributed by atoms with E-state index in [2.05, 4.69) is 43.1 Å². The number of benzene rings is 1. The molecule has 0 fully saturated rings. The van der Waals surface area contributed by atoms with Crippen LogP contribution in [-0.2, 0) is 6.42 Å². The quantitative estimate of drug-likeness (QED) is 0.769. The van der Waals surface area contributed by atoms with Crippen LogP contribution in [0.15, 0.2) is 24.3 Å². The monoisotopic (exact) mass is 227 g/mol. The lowest BCUT2D eigenvalue weighted by Gasteiger charge is -2.27. The van der Waals surface area contributed by atoms with Crippen LogP contribution in [0.2, 0.25) is 0 Å². The molecule has 0 saturated carbocycles. The Morgan fingerprint density at radius 2 is 2.18 bits per heavy atom. The molecule has 1 nitrogen and oxygen atoms in total. The molecule has 1 heteroatoms. The molecular formula is C16H21N. The van der Waals surface area contributed by atoms with Gasteiger partial charge < -0.3 is 4.98 Å². The van der Waals surface area contributed by atoms with Crippen LogP contribution in [0.5, 0.6) is 0 Å². The SMILES string of the molecule is CCC(C)C1CCCc2c1[nH]c1ccccc21. The van der Waals surface area contributed by atoms with Crippen molar-refractivity contribution in [2.45, 2.75) is 45.4 Å². The van der Waals surface area contributed by atoms with E-state index in [4.69, 9.17) is 0 Å². The molecule has 17 heavy (non-hydrogen) atoms. The minimum absolute atomic E-state index is 0.746. The lowest BCUT2D eigenvalue weighted by molar-refractivity contribution is 0.391. The molecule has 1 heterocycles. The second-order valence-electron chi connectivity index (χ2n) is 5.45. The van der Waals surface area contributed by atoms with E-state index >= 15 is 0 Å². The van der Waals surface area contributed by atoms with Crippen LogP contribution in [0.25, 0.3) is 10.9 Å². The maximum Gasteiger partial charge on any atom is 0.0459 e. The molecule has 1 N–H and O–H groups in total. The van der Waals surface area contributed by atoms with Gasteiger partial charge in [-0.25, -0.2) is 0 Å². The summed E-state index contributed by atoms with van der Waals surface area (Å²) in [5, 5.41) is 1.45. The smallest absolute Gasteiger partial charge is 0.0459 e. The second kappa shape index (κ2) is 4.21. The molecule has 0 bridgehead atoms. The minimum Gasteiger partial charge on any atom is -0.358 e. The molecule has 0 aliphatic heterocycles. The van der Waals surface area contributed by atoms with Crippen molar-refractivity contribution in [2.75, 3.05) is 0 Å². The number of hydrogen-bond donors (Lipinski definition) is 1. The Hall–Kier alpha value is -1.24. The Kier molecular flexibility index (Phi) is 2.70. The largest absolute Gasteiger partial charge is 0.358 e. The Morgan fingerprint density at radius 1 is 1.35 bits per heavy atom. The average molecular weight is 227 g/mol. The number of nitrogens with one attached hydrogen (secondary N) is 1. The van der Waals surface area contributed by atoms with Crippen molar-refractivity contribution in [3.63, 3.8) is 0 Å². The van der Waals surface area contributed by atoms with E-state index < -0.39 is 0 Å². The molecular weight excluding hydrogens is 206 g/mol. The van der Waals surface area contributed by atoms with Crippen molar-refractivity contribution >= 4 is 10.9 Å². The predicted molar refractivity (Wildman–Crippen MR) is 73.4 cm³/mol. The number of fused-ring (bicyclic) bond motifs is 3. The Labute approximate surface area is 103 Å². The fourth-order valence-electron chi connectivity index (χ4n) is 3.30. The summed E-state index contributed by atoms with van der Waals surface area (Å²) in [4.78, 5) is 3.68. The van der Waals surface area contributed by atoms with Crippen LogP contribution in [0.4, 0.5) is 0 Å². The first-order valence-electron chi connectivity index (χ1n) is 6.90. The number of aromatic nitrogens is 1. The first-order valence-corrected chi connectivity index (χ1v) is 6.90. The van der Waals surface area contributed by atoms with Crippen LogP contribution in [0.1, 0.15) is 50.3 Å². The number of aryl methyl sites for hydroxylation is 1. The third kappa shape index (κ3) is 1.69. The van der Waals surface area contributed by atoms with Crippen molar-refractivity contribution in [3.05, 3.63) is 35.5 Å². The highest BCUT2D eigenvalue weighted by molar-refractivity contribution is 5.85. The van der Waals surface area contributed by atoms with Gasteiger partial charge in [-0.15, -0.1) is 0 Å². The van der Waals surface area contributed by atoms with Gasteiger partial charge in [-0.3, -0.25) is 0 Å². The van der Waals surface area contributed by atoms with E-state index in [9.17, 15) is 0 Å². The van der Waals surface area contributed by atoms with Crippen LogP contribution < -0.4 is 0 Å². The van der Waals surface area contributed by atoms with Crippen molar-refractivity contribution in [1.82, 2.24) is 4.98 Å². The second-order valence-corrected chi connectivity index (χ2v) is 5.45. The van der Waals surface area contributed by atoms with E-state index in [1.807, 2.05) is 0 Å². The van der Waals surface area contributed by atoms with Gasteiger partial charge in [-0.1, -0.05) is 38.5 Å². The molecule has 0 amide bonds. The summed E-state index contributed by atoms with van der Waals surface area (Å²) in [5.41, 5.74) is 4.46. The number of rotatable bonds is 2. The van der Waals surface area contributed by atoms with E-state index in [0.717, 1.165) is 11.8 Å². The average Bonchev–Trinajstić information content (AvgIpc) is 2.76. The first-order chi connectivity index (χ1) is 8.31. The highest BCUT2D eigenvalue weighted by Crippen LogP contribution is 2.40. The summed E-state index contributed by atoms with van der Waals surface area (Å²) in [5.74, 6) is 1.54. The van der Waals surface area contributed by atoms with Crippen LogP contribution in [-0.4, -0.2) is 4.98 Å².